The van der Waals surface area contributed by atoms with Crippen molar-refractivity contribution in [3.8, 4) is 0 Å². The molecule has 170 valence electrons. The molecule has 0 radical (unpaired) electrons. The number of carbonyl (C=O) groups excluding carboxylic acids is 2. The number of allylic oxidation sites excluding steroid dienone is 3. The molecule has 1 N–H and O–H groups in total. The number of alkyl carbamates (subject to hydrolysis) is 1. The average molecular weight is 426 g/mol. The summed E-state index contributed by atoms with van der Waals surface area (Å²) >= 11 is 0. The number of Topliss-reactive ketones (excluding diaryl/α,β-unsaturated/α-hetero) is 1. The van der Waals surface area contributed by atoms with Crippen LogP contribution >= 0.6 is 0 Å². The van der Waals surface area contributed by atoms with Gasteiger partial charge >= 0.3 is 6.09 Å². The molecule has 1 amide bonds. The van der Waals surface area contributed by atoms with Gasteiger partial charge in [0, 0.05) is 17.5 Å². The Hall–Kier alpha value is -2.36. The van der Waals surface area contributed by atoms with Crippen LogP contribution in [0.2, 0.25) is 0 Å². The van der Waals surface area contributed by atoms with Crippen molar-refractivity contribution in [3.63, 3.8) is 0 Å². The van der Waals surface area contributed by atoms with Crippen molar-refractivity contribution in [2.75, 3.05) is 6.54 Å². The van der Waals surface area contributed by atoms with Gasteiger partial charge in [0.25, 0.3) is 0 Å². The second kappa shape index (κ2) is 9.42. The Labute approximate surface area is 188 Å². The molecule has 0 saturated carbocycles. The second-order valence-electron chi connectivity index (χ2n) is 11.0. The van der Waals surface area contributed by atoms with Gasteiger partial charge in [0.05, 0.1) is 0 Å². The number of hydrogen-bond donors (Lipinski definition) is 1. The summed E-state index contributed by atoms with van der Waals surface area (Å²) in [5.74, 6) is -0.00722. The Bertz CT molecular complexity index is 882. The number of nitrogens with one attached hydrogen (secondary N) is 1. The molecule has 1 aromatic rings. The number of carbonyl (C=O) groups is 2. The molecule has 2 rings (SSSR count). The van der Waals surface area contributed by atoms with Gasteiger partial charge in [0.2, 0.25) is 0 Å². The summed E-state index contributed by atoms with van der Waals surface area (Å²) in [5, 5.41) is 2.72. The summed E-state index contributed by atoms with van der Waals surface area (Å²) in [6, 6.07) is 7.70. The fraction of sp³-hybridized carbons (Fsp3) is 0.556. The van der Waals surface area contributed by atoms with Gasteiger partial charge in [-0.15, -0.1) is 0 Å². The van der Waals surface area contributed by atoms with Crippen LogP contribution in [0.1, 0.15) is 90.6 Å². The smallest absolute Gasteiger partial charge is 0.407 e. The summed E-state index contributed by atoms with van der Waals surface area (Å²) in [6.45, 7) is 16.2. The van der Waals surface area contributed by atoms with Crippen molar-refractivity contribution >= 4 is 18.0 Å². The van der Waals surface area contributed by atoms with E-state index in [4.69, 9.17) is 4.74 Å². The van der Waals surface area contributed by atoms with Crippen LogP contribution in [0.3, 0.4) is 0 Å². The summed E-state index contributed by atoms with van der Waals surface area (Å²) in [5.41, 5.74) is 3.37. The van der Waals surface area contributed by atoms with Gasteiger partial charge in [-0.3, -0.25) is 4.79 Å². The first kappa shape index (κ1) is 24.9. The van der Waals surface area contributed by atoms with Gasteiger partial charge in [-0.05, 0) is 69.6 Å². The van der Waals surface area contributed by atoms with Gasteiger partial charge in [0.1, 0.15) is 5.60 Å². The highest BCUT2D eigenvalue weighted by Crippen LogP contribution is 2.41. The molecule has 0 aliphatic heterocycles. The zero-order valence-corrected chi connectivity index (χ0v) is 20.5. The van der Waals surface area contributed by atoms with E-state index in [1.807, 2.05) is 58.9 Å². The molecule has 1 aliphatic carbocycles. The molecule has 0 spiro atoms. The summed E-state index contributed by atoms with van der Waals surface area (Å²) < 4.78 is 5.28. The number of amides is 1. The van der Waals surface area contributed by atoms with Gasteiger partial charge in [-0.1, -0.05) is 63.6 Å². The van der Waals surface area contributed by atoms with Crippen molar-refractivity contribution < 1.29 is 14.3 Å². The van der Waals surface area contributed by atoms with Crippen molar-refractivity contribution in [3.05, 3.63) is 52.6 Å². The predicted molar refractivity (Wildman–Crippen MR) is 128 cm³/mol. The average Bonchev–Trinajstić information content (AvgIpc) is 2.64. The lowest BCUT2D eigenvalue weighted by molar-refractivity contribution is 0.0503. The third kappa shape index (κ3) is 7.09. The highest BCUT2D eigenvalue weighted by atomic mass is 16.6. The third-order valence-corrected chi connectivity index (χ3v) is 5.82. The lowest BCUT2D eigenvalue weighted by Gasteiger charge is -2.32. The van der Waals surface area contributed by atoms with E-state index in [-0.39, 0.29) is 17.7 Å². The summed E-state index contributed by atoms with van der Waals surface area (Å²) in [4.78, 5) is 25.1. The fourth-order valence-electron chi connectivity index (χ4n) is 4.05. The maximum atomic E-state index is 13.2. The predicted octanol–water partition coefficient (Wildman–Crippen LogP) is 6.96. The maximum Gasteiger partial charge on any atom is 0.407 e. The van der Waals surface area contributed by atoms with E-state index < -0.39 is 17.1 Å². The maximum absolute atomic E-state index is 13.2. The van der Waals surface area contributed by atoms with Crippen LogP contribution in [-0.4, -0.2) is 24.0 Å². The van der Waals surface area contributed by atoms with E-state index in [2.05, 4.69) is 38.2 Å². The number of benzene rings is 1. The van der Waals surface area contributed by atoms with Crippen LogP contribution in [0, 0.1) is 10.8 Å². The first-order chi connectivity index (χ1) is 14.2. The standard InChI is InChI=1S/C27H39NO3/c1-19-11-10-16-26(5,6)22(19)15-14-20-12-9-13-21(17-20)23(29)27(7,8)18-28-24(30)31-25(2,3)4/h9,12-15,17H,10-11,16,18H2,1-8H3,(H,28,30). The van der Waals surface area contributed by atoms with Crippen LogP contribution in [-0.2, 0) is 4.74 Å². The topological polar surface area (TPSA) is 55.4 Å². The van der Waals surface area contributed by atoms with Gasteiger partial charge in [-0.25, -0.2) is 4.79 Å². The molecule has 31 heavy (non-hydrogen) atoms. The monoisotopic (exact) mass is 425 g/mol. The molecule has 4 nitrogen and oxygen atoms in total. The van der Waals surface area contributed by atoms with Crippen molar-refractivity contribution in [1.82, 2.24) is 5.32 Å². The molecule has 1 aromatic carbocycles. The van der Waals surface area contributed by atoms with Crippen molar-refractivity contribution in [2.45, 2.75) is 80.3 Å². The van der Waals surface area contributed by atoms with E-state index in [1.165, 1.54) is 24.0 Å². The zero-order chi connectivity index (χ0) is 23.4. The SMILES string of the molecule is CC1=C(C=Cc2cccc(C(=O)C(C)(C)CNC(=O)OC(C)(C)C)c2)C(C)(C)CCC1. The molecule has 0 fully saturated rings. The Morgan fingerprint density at radius 2 is 1.81 bits per heavy atom. The molecule has 0 bridgehead atoms. The van der Waals surface area contributed by atoms with Gasteiger partial charge in [-0.2, -0.15) is 0 Å². The minimum atomic E-state index is -0.746. The quantitative estimate of drug-likeness (QED) is 0.501. The zero-order valence-electron chi connectivity index (χ0n) is 20.5. The fourth-order valence-corrected chi connectivity index (χ4v) is 4.05. The first-order valence-electron chi connectivity index (χ1n) is 11.2. The molecular formula is C27H39NO3. The summed E-state index contributed by atoms with van der Waals surface area (Å²) in [6.07, 6.45) is 7.40. The molecular weight excluding hydrogens is 386 g/mol. The third-order valence-electron chi connectivity index (χ3n) is 5.82. The van der Waals surface area contributed by atoms with E-state index in [9.17, 15) is 9.59 Å². The Kier molecular flexibility index (Phi) is 7.57. The van der Waals surface area contributed by atoms with E-state index in [0.29, 0.717) is 5.56 Å². The highest BCUT2D eigenvalue weighted by molar-refractivity contribution is 6.00. The number of rotatable bonds is 6. The van der Waals surface area contributed by atoms with Crippen molar-refractivity contribution in [2.24, 2.45) is 10.8 Å². The Morgan fingerprint density at radius 1 is 1.13 bits per heavy atom. The number of ether oxygens (including phenoxy) is 1. The van der Waals surface area contributed by atoms with E-state index in [0.717, 1.165) is 12.0 Å². The summed E-state index contributed by atoms with van der Waals surface area (Å²) in [7, 11) is 0. The molecule has 1 aliphatic rings. The normalized spacial score (nSPS) is 17.0. The van der Waals surface area contributed by atoms with Gasteiger partial charge in [0.15, 0.2) is 5.78 Å². The molecule has 0 atom stereocenters. The van der Waals surface area contributed by atoms with Crippen LogP contribution in [0.25, 0.3) is 6.08 Å². The van der Waals surface area contributed by atoms with Crippen molar-refractivity contribution in [1.29, 1.82) is 0 Å². The van der Waals surface area contributed by atoms with Gasteiger partial charge < -0.3 is 10.1 Å². The van der Waals surface area contributed by atoms with Crippen LogP contribution in [0.4, 0.5) is 4.79 Å². The van der Waals surface area contributed by atoms with E-state index >= 15 is 0 Å². The molecule has 0 heterocycles. The minimum Gasteiger partial charge on any atom is -0.444 e. The lowest BCUT2D eigenvalue weighted by Crippen LogP contribution is -2.41. The Morgan fingerprint density at radius 3 is 2.42 bits per heavy atom. The second-order valence-corrected chi connectivity index (χ2v) is 11.0. The first-order valence-corrected chi connectivity index (χ1v) is 11.2. The number of hydrogen-bond acceptors (Lipinski definition) is 3. The van der Waals surface area contributed by atoms with E-state index in [1.54, 1.807) is 0 Å². The van der Waals surface area contributed by atoms with Crippen LogP contribution < -0.4 is 5.32 Å². The molecule has 0 saturated heterocycles. The van der Waals surface area contributed by atoms with Crippen LogP contribution in [0.15, 0.2) is 41.5 Å². The molecule has 0 unspecified atom stereocenters. The highest BCUT2D eigenvalue weighted by Gasteiger charge is 2.30. The number of ketones is 1. The van der Waals surface area contributed by atoms with Crippen LogP contribution in [0.5, 0.6) is 0 Å². The lowest BCUT2D eigenvalue weighted by atomic mass is 9.72. The minimum absolute atomic E-state index is 0.00722. The molecule has 4 heteroatoms. The Balaban J connectivity index is 2.13. The largest absolute Gasteiger partial charge is 0.444 e. The molecule has 0 aromatic heterocycles.